The van der Waals surface area contributed by atoms with Crippen molar-refractivity contribution >= 4 is 88.0 Å². The van der Waals surface area contributed by atoms with Crippen molar-refractivity contribution in [3.05, 3.63) is 0 Å². The second kappa shape index (κ2) is 8.44. The molecule has 0 bridgehead atoms. The smallest absolute Gasteiger partial charge is 0.140 e. The van der Waals surface area contributed by atoms with Crippen LogP contribution in [0.3, 0.4) is 0 Å². The summed E-state index contributed by atoms with van der Waals surface area (Å²) in [4.78, 5) is 0. The van der Waals surface area contributed by atoms with E-state index in [1.165, 1.54) is 0 Å². The fourth-order valence-electron chi connectivity index (χ4n) is 0.238. The van der Waals surface area contributed by atoms with Crippen LogP contribution in [-0.2, 0) is 0 Å². The van der Waals surface area contributed by atoms with E-state index < -0.39 is 0 Å². The maximum atomic E-state index is 7.54. The molecule has 10 heteroatoms. The monoisotopic (exact) mass is 401 g/mol. The first kappa shape index (κ1) is 12.2. The predicted molar refractivity (Wildman–Crippen MR) is 85.1 cm³/mol. The standard InChI is InChI=1S/H10INP8/c1-2-8(9(4)5)10(6)7-3/h2,7H,3-6H2/i/hT. The molecular formula is H10INP8. The third-order valence-electron chi connectivity index (χ3n) is 0.599. The van der Waals surface area contributed by atoms with E-state index in [0.717, 1.165) is 7.96 Å². The van der Waals surface area contributed by atoms with E-state index >= 15 is 0 Å². The zero-order chi connectivity index (χ0) is 9.02. The van der Waals surface area contributed by atoms with Crippen LogP contribution in [0.15, 0.2) is 0 Å². The van der Waals surface area contributed by atoms with E-state index in [1.807, 2.05) is 0 Å². The summed E-state index contributed by atoms with van der Waals surface area (Å²) in [6, 6.07) is 0. The Labute approximate surface area is 92.1 Å². The topological polar surface area (TPSA) is 12.0 Å². The summed E-state index contributed by atoms with van der Waals surface area (Å²) in [5.41, 5.74) is 0. The SMILES string of the molecule is [3H]N(I)P(P(P)P)P(P)PP. The number of hydrogen-bond donors (Lipinski definition) is 1. The Morgan fingerprint density at radius 2 is 2.00 bits per heavy atom. The van der Waals surface area contributed by atoms with Crippen LogP contribution in [0.5, 0.6) is 0 Å². The van der Waals surface area contributed by atoms with Gasteiger partial charge < -0.3 is 0 Å². The maximum Gasteiger partial charge on any atom is 0.140 e. The lowest BCUT2D eigenvalue weighted by Crippen LogP contribution is -1.75. The fraction of sp³-hybridized carbons (Fsp3) is 0. The van der Waals surface area contributed by atoms with E-state index in [4.69, 9.17) is 1.41 Å². The van der Waals surface area contributed by atoms with Gasteiger partial charge in [-0.25, -0.2) is 3.29 Å². The van der Waals surface area contributed by atoms with Crippen LogP contribution in [-0.4, -0.2) is 0 Å². The molecule has 0 rings (SSSR count). The highest BCUT2D eigenvalue weighted by Crippen LogP contribution is 2.99. The quantitative estimate of drug-likeness (QED) is 0.403. The fourth-order valence-corrected chi connectivity index (χ4v) is 49.1. The Bertz CT molecular complexity index is 98.3. The minimum atomic E-state index is -0.243. The first-order chi connectivity index (χ1) is 5.00. The highest BCUT2D eigenvalue weighted by molar-refractivity contribution is 14.1. The molecule has 0 saturated carbocycles. The number of rotatable bonds is 4. The van der Waals surface area contributed by atoms with Gasteiger partial charge in [-0.15, -0.1) is 35.7 Å². The Kier molecular flexibility index (Phi) is 10.3. The Morgan fingerprint density at radius 3 is 2.10 bits per heavy atom. The van der Waals surface area contributed by atoms with Crippen molar-refractivity contribution in [2.75, 3.05) is 0 Å². The molecule has 7 unspecified atom stereocenters. The Morgan fingerprint density at radius 1 is 1.50 bits per heavy atom. The van der Waals surface area contributed by atoms with E-state index in [-0.39, 0.29) is 21.4 Å². The van der Waals surface area contributed by atoms with Gasteiger partial charge in [0, 0.05) is 30.3 Å². The molecule has 7 atom stereocenters. The van der Waals surface area contributed by atoms with Gasteiger partial charge in [0.25, 0.3) is 0 Å². The van der Waals surface area contributed by atoms with Crippen LogP contribution in [0.4, 0.5) is 0 Å². The number of nitrogens with one attached hydrogen (secondary N) is 1. The van der Waals surface area contributed by atoms with Gasteiger partial charge >= 0.3 is 0 Å². The molecule has 0 saturated heterocycles. The van der Waals surface area contributed by atoms with Crippen molar-refractivity contribution in [1.29, 1.82) is 0 Å². The van der Waals surface area contributed by atoms with Crippen LogP contribution in [0, 0.1) is 0 Å². The largest absolute Gasteiger partial charge is 0.230 e. The van der Waals surface area contributed by atoms with Crippen molar-refractivity contribution in [2.45, 2.75) is 0 Å². The highest BCUT2D eigenvalue weighted by Gasteiger charge is 2.17. The zero-order valence-corrected chi connectivity index (χ0v) is 15.4. The molecule has 0 radical (unpaired) electrons. The van der Waals surface area contributed by atoms with Gasteiger partial charge in [-0.3, -0.25) is 0 Å². The van der Waals surface area contributed by atoms with Crippen molar-refractivity contribution in [2.24, 2.45) is 0 Å². The maximum absolute atomic E-state index is 7.54. The molecule has 0 aliphatic carbocycles. The van der Waals surface area contributed by atoms with E-state index in [1.54, 1.807) is 3.29 Å². The molecule has 1 N–H and O–H groups in total. The summed E-state index contributed by atoms with van der Waals surface area (Å²) in [6.07, 6.45) is 0. The molecule has 0 fully saturated rings. The van der Waals surface area contributed by atoms with Crippen LogP contribution in [0.25, 0.3) is 0 Å². The Hall–Kier alpha value is 4.13. The molecule has 0 spiro atoms. The minimum Gasteiger partial charge on any atom is -0.230 e. The van der Waals surface area contributed by atoms with Gasteiger partial charge in [0.1, 0.15) is 1.41 Å². The van der Waals surface area contributed by atoms with Gasteiger partial charge in [-0.2, -0.15) is 0 Å². The van der Waals surface area contributed by atoms with E-state index in [2.05, 4.69) is 58.6 Å². The van der Waals surface area contributed by atoms with Crippen LogP contribution >= 0.6 is 88.0 Å². The van der Waals surface area contributed by atoms with Crippen molar-refractivity contribution in [3.8, 4) is 0 Å². The molecule has 10 heavy (non-hydrogen) atoms. The second-order valence-electron chi connectivity index (χ2n) is 1.20. The third kappa shape index (κ3) is 5.78. The zero-order valence-electron chi connectivity index (χ0n) is 5.98. The van der Waals surface area contributed by atoms with E-state index in [9.17, 15) is 0 Å². The molecular weight excluding hydrogens is 389 g/mol. The molecule has 0 aliphatic rings. The highest BCUT2D eigenvalue weighted by atomic mass is 127. The third-order valence-corrected chi connectivity index (χ3v) is 36.4. The van der Waals surface area contributed by atoms with Gasteiger partial charge in [0.05, 0.1) is 0 Å². The normalized spacial score (nSPS) is 20.5. The lowest BCUT2D eigenvalue weighted by atomic mass is 13.9. The van der Waals surface area contributed by atoms with E-state index in [0.29, 0.717) is 0 Å². The predicted octanol–water partition coefficient (Wildman–Crippen LogP) is 4.87. The molecule has 0 aromatic rings. The molecule has 0 aromatic carbocycles. The first-order valence-corrected chi connectivity index (χ1v) is 16.9. The molecule has 0 aliphatic heterocycles. The molecule has 62 valence electrons. The molecule has 1 nitrogen and oxygen atoms in total. The van der Waals surface area contributed by atoms with Crippen LogP contribution in [0.1, 0.15) is 0 Å². The molecule has 0 amide bonds. The minimum absolute atomic E-state index is 0.0304. The summed E-state index contributed by atoms with van der Waals surface area (Å²) in [5, 5.41) is 0. The lowest BCUT2D eigenvalue weighted by molar-refractivity contribution is 1.87. The van der Waals surface area contributed by atoms with Crippen LogP contribution < -0.4 is 3.29 Å². The van der Waals surface area contributed by atoms with Crippen LogP contribution in [0.2, 0.25) is 1.41 Å². The summed E-state index contributed by atoms with van der Waals surface area (Å²) in [7, 11) is 12.0. The molecule has 0 heterocycles. The summed E-state index contributed by atoms with van der Waals surface area (Å²) >= 11 is 2.07. The van der Waals surface area contributed by atoms with Gasteiger partial charge in [0.2, 0.25) is 0 Å². The average molecular weight is 401 g/mol. The Balaban J connectivity index is 4.09. The summed E-state index contributed by atoms with van der Waals surface area (Å²) in [5.74, 6) is 0. The van der Waals surface area contributed by atoms with Crippen molar-refractivity contribution in [3.63, 3.8) is 0 Å². The summed E-state index contributed by atoms with van der Waals surface area (Å²) in [6.45, 7) is -0.148. The number of hydrogen-bond acceptors (Lipinski definition) is 1. The first-order valence-electron chi connectivity index (χ1n) is 2.50. The van der Waals surface area contributed by atoms with Crippen molar-refractivity contribution in [1.82, 2.24) is 3.29 Å². The molecule has 0 aromatic heterocycles. The van der Waals surface area contributed by atoms with Gasteiger partial charge in [-0.05, 0) is 14.0 Å². The lowest BCUT2D eigenvalue weighted by Gasteiger charge is -2.24. The summed E-state index contributed by atoms with van der Waals surface area (Å²) < 4.78 is 9.16. The van der Waals surface area contributed by atoms with Crippen molar-refractivity contribution < 1.29 is 1.41 Å². The van der Waals surface area contributed by atoms with Gasteiger partial charge in [0.15, 0.2) is 0 Å². The van der Waals surface area contributed by atoms with Gasteiger partial charge in [-0.1, -0.05) is 7.96 Å². The average Bonchev–Trinajstić information content (AvgIpc) is 1.85. The second-order valence-corrected chi connectivity index (χ2v) is 28.6. The number of halogens is 1.